The fourth-order valence-corrected chi connectivity index (χ4v) is 11.1. The molecule has 5 aliphatic rings. The van der Waals surface area contributed by atoms with E-state index in [9.17, 15) is 15.3 Å². The van der Waals surface area contributed by atoms with E-state index in [0.717, 1.165) is 51.4 Å². The maximum atomic E-state index is 11.3. The number of methoxy groups -OCH3 is 1. The third-order valence-corrected chi connectivity index (χ3v) is 13.7. The van der Waals surface area contributed by atoms with Crippen LogP contribution in [0.15, 0.2) is 11.6 Å². The van der Waals surface area contributed by atoms with Crippen LogP contribution in [-0.2, 0) is 4.74 Å². The lowest BCUT2D eigenvalue weighted by molar-refractivity contribution is -0.228. The summed E-state index contributed by atoms with van der Waals surface area (Å²) in [7, 11) is 1.79. The third-order valence-electron chi connectivity index (χ3n) is 13.7. The monoisotopic (exact) mass is 488 g/mol. The number of allylic oxidation sites excluding steroid dienone is 2. The van der Waals surface area contributed by atoms with Crippen molar-refractivity contribution in [3.8, 4) is 0 Å². The second kappa shape index (κ2) is 7.80. The normalized spacial score (nSPS) is 57.3. The lowest BCUT2D eigenvalue weighted by Gasteiger charge is -2.72. The Balaban J connectivity index is 1.58. The third kappa shape index (κ3) is 3.06. The molecule has 200 valence electrons. The highest BCUT2D eigenvalue weighted by molar-refractivity contribution is 5.34. The molecule has 4 nitrogen and oxygen atoms in total. The van der Waals surface area contributed by atoms with Gasteiger partial charge in [-0.25, -0.2) is 0 Å². The highest BCUT2D eigenvalue weighted by atomic mass is 16.5. The van der Waals surface area contributed by atoms with E-state index >= 15 is 0 Å². The van der Waals surface area contributed by atoms with E-state index < -0.39 is 17.6 Å². The number of rotatable bonds is 2. The van der Waals surface area contributed by atoms with Crippen molar-refractivity contribution in [1.29, 1.82) is 0 Å². The van der Waals surface area contributed by atoms with Gasteiger partial charge in [0.1, 0.15) is 0 Å². The van der Waals surface area contributed by atoms with Crippen molar-refractivity contribution >= 4 is 0 Å². The Kier molecular flexibility index (Phi) is 5.84. The molecular formula is C31H52O4. The maximum Gasteiger partial charge on any atom is 0.0894 e. The predicted molar refractivity (Wildman–Crippen MR) is 140 cm³/mol. The molecule has 5 rings (SSSR count). The quantitative estimate of drug-likeness (QED) is 0.434. The summed E-state index contributed by atoms with van der Waals surface area (Å²) in [5.74, 6) is 1.35. The van der Waals surface area contributed by atoms with Crippen LogP contribution in [0, 0.1) is 50.2 Å². The van der Waals surface area contributed by atoms with Crippen molar-refractivity contribution in [1.82, 2.24) is 0 Å². The molecular weight excluding hydrogens is 436 g/mol. The van der Waals surface area contributed by atoms with Gasteiger partial charge in [0.2, 0.25) is 0 Å². The highest BCUT2D eigenvalue weighted by Crippen LogP contribution is 2.75. The van der Waals surface area contributed by atoms with E-state index in [-0.39, 0.29) is 39.8 Å². The first kappa shape index (κ1) is 26.2. The van der Waals surface area contributed by atoms with Crippen LogP contribution >= 0.6 is 0 Å². The zero-order valence-corrected chi connectivity index (χ0v) is 23.7. The van der Waals surface area contributed by atoms with Crippen molar-refractivity contribution in [2.45, 2.75) is 118 Å². The zero-order chi connectivity index (χ0) is 25.8. The van der Waals surface area contributed by atoms with Gasteiger partial charge in [-0.3, -0.25) is 0 Å². The van der Waals surface area contributed by atoms with Gasteiger partial charge in [-0.2, -0.15) is 0 Å². The van der Waals surface area contributed by atoms with Gasteiger partial charge in [0.15, 0.2) is 0 Å². The average molecular weight is 489 g/mol. The van der Waals surface area contributed by atoms with Crippen molar-refractivity contribution < 1.29 is 20.1 Å². The second-order valence-electron chi connectivity index (χ2n) is 15.4. The average Bonchev–Trinajstić information content (AvgIpc) is 2.79. The van der Waals surface area contributed by atoms with Crippen LogP contribution in [0.5, 0.6) is 0 Å². The van der Waals surface area contributed by atoms with Gasteiger partial charge in [-0.15, -0.1) is 0 Å². The molecule has 0 amide bonds. The Morgan fingerprint density at radius 3 is 2.20 bits per heavy atom. The summed E-state index contributed by atoms with van der Waals surface area (Å²) in [6.45, 7) is 16.7. The van der Waals surface area contributed by atoms with Gasteiger partial charge in [0.25, 0.3) is 0 Å². The van der Waals surface area contributed by atoms with Crippen LogP contribution < -0.4 is 0 Å². The van der Waals surface area contributed by atoms with Crippen LogP contribution in [0.25, 0.3) is 0 Å². The van der Waals surface area contributed by atoms with Crippen molar-refractivity contribution in [3.05, 3.63) is 11.6 Å². The zero-order valence-electron chi connectivity index (χ0n) is 23.7. The van der Waals surface area contributed by atoms with Gasteiger partial charge in [0, 0.05) is 17.9 Å². The van der Waals surface area contributed by atoms with Gasteiger partial charge >= 0.3 is 0 Å². The van der Waals surface area contributed by atoms with Crippen LogP contribution in [0.4, 0.5) is 0 Å². The molecule has 11 atom stereocenters. The predicted octanol–water partition coefficient (Wildman–Crippen LogP) is 5.74. The van der Waals surface area contributed by atoms with Gasteiger partial charge in [-0.05, 0) is 90.8 Å². The number of aliphatic hydroxyl groups is 3. The molecule has 0 heterocycles. The lowest BCUT2D eigenvalue weighted by atomic mass is 9.33. The number of aliphatic hydroxyl groups excluding tert-OH is 3. The molecule has 0 aliphatic heterocycles. The minimum absolute atomic E-state index is 0.0380. The summed E-state index contributed by atoms with van der Waals surface area (Å²) in [6.07, 6.45) is 10.1. The Hall–Kier alpha value is -0.420. The minimum Gasteiger partial charge on any atom is -0.396 e. The van der Waals surface area contributed by atoms with E-state index in [2.05, 4.69) is 54.5 Å². The first-order valence-electron chi connectivity index (χ1n) is 14.4. The topological polar surface area (TPSA) is 69.9 Å². The van der Waals surface area contributed by atoms with E-state index in [1.165, 1.54) is 0 Å². The summed E-state index contributed by atoms with van der Waals surface area (Å²) in [5.41, 5.74) is 1.50. The number of ether oxygens (including phenoxy) is 1. The summed E-state index contributed by atoms with van der Waals surface area (Å²) >= 11 is 0. The molecule has 2 unspecified atom stereocenters. The molecule has 0 aromatic rings. The van der Waals surface area contributed by atoms with Crippen LogP contribution in [0.3, 0.4) is 0 Å². The van der Waals surface area contributed by atoms with E-state index in [0.29, 0.717) is 17.8 Å². The maximum absolute atomic E-state index is 11.3. The molecule has 3 N–H and O–H groups in total. The Bertz CT molecular complexity index is 896. The molecule has 0 aromatic carbocycles. The first-order valence-corrected chi connectivity index (χ1v) is 14.4. The molecule has 4 saturated carbocycles. The smallest absolute Gasteiger partial charge is 0.0894 e. The molecule has 0 bridgehead atoms. The molecule has 0 radical (unpaired) electrons. The minimum atomic E-state index is -0.440. The van der Waals surface area contributed by atoms with Crippen LogP contribution in [-0.4, -0.2) is 47.3 Å². The van der Waals surface area contributed by atoms with Crippen molar-refractivity contribution in [3.63, 3.8) is 0 Å². The molecule has 0 saturated heterocycles. The van der Waals surface area contributed by atoms with Crippen molar-refractivity contribution in [2.75, 3.05) is 13.7 Å². The van der Waals surface area contributed by atoms with E-state index in [4.69, 9.17) is 4.74 Å². The highest BCUT2D eigenvalue weighted by Gasteiger charge is 2.69. The molecule has 4 fully saturated rings. The number of hydrogen-bond donors (Lipinski definition) is 3. The van der Waals surface area contributed by atoms with Gasteiger partial charge in [-0.1, -0.05) is 60.1 Å². The molecule has 0 aromatic heterocycles. The summed E-state index contributed by atoms with van der Waals surface area (Å²) in [4.78, 5) is 0. The van der Waals surface area contributed by atoms with Gasteiger partial charge < -0.3 is 20.1 Å². The molecule has 4 heteroatoms. The fraction of sp³-hybridized carbons (Fsp3) is 0.935. The summed E-state index contributed by atoms with van der Waals surface area (Å²) < 4.78 is 6.06. The van der Waals surface area contributed by atoms with Crippen LogP contribution in [0.2, 0.25) is 0 Å². The summed E-state index contributed by atoms with van der Waals surface area (Å²) in [6, 6.07) is 0. The Labute approximate surface area is 213 Å². The van der Waals surface area contributed by atoms with Crippen LogP contribution in [0.1, 0.15) is 99.8 Å². The fourth-order valence-electron chi connectivity index (χ4n) is 11.1. The molecule has 35 heavy (non-hydrogen) atoms. The standard InChI is InChI=1S/C31H52O4/c1-26(2)17-20-19-9-10-22-28(4)13-12-23(33)29(5,18-32)21(28)11-14-31(22,7)30(19,6)16-15-27(20,3)25(35-8)24(26)34/h9,20-25,32-34H,10-18H2,1-8H3/t20-,21?,22?,23-,24-,25+,27+,28-,29+,30+,31+/m0/s1. The lowest BCUT2D eigenvalue weighted by Crippen LogP contribution is -2.67. The summed E-state index contributed by atoms with van der Waals surface area (Å²) in [5, 5.41) is 32.7. The Morgan fingerprint density at radius 2 is 1.57 bits per heavy atom. The molecule has 5 aliphatic carbocycles. The van der Waals surface area contributed by atoms with E-state index in [1.54, 1.807) is 12.7 Å². The van der Waals surface area contributed by atoms with Gasteiger partial charge in [0.05, 0.1) is 24.9 Å². The van der Waals surface area contributed by atoms with E-state index in [1.807, 2.05) is 0 Å². The SMILES string of the molecule is CO[C@@H]1[C@H](O)C(C)(C)C[C@H]2C3=CCC4[C@@]5(C)CC[C@H](O)[C@](C)(CO)C5CC[C@@]4(C)[C@]3(C)CC[C@@]12C. The second-order valence-corrected chi connectivity index (χ2v) is 15.4. The number of hydrogen-bond acceptors (Lipinski definition) is 4. The Morgan fingerprint density at radius 1 is 0.886 bits per heavy atom. The molecule has 0 spiro atoms. The number of fused-ring (bicyclic) bond motifs is 7. The first-order chi connectivity index (χ1) is 16.2. The largest absolute Gasteiger partial charge is 0.396 e. The van der Waals surface area contributed by atoms with Crippen molar-refractivity contribution in [2.24, 2.45) is 50.2 Å².